The molecule has 0 fully saturated rings. The van der Waals surface area contributed by atoms with Gasteiger partial charge in [0, 0.05) is 13.1 Å². The first kappa shape index (κ1) is 25.3. The van der Waals surface area contributed by atoms with Gasteiger partial charge in [-0.15, -0.1) is 0 Å². The lowest BCUT2D eigenvalue weighted by Gasteiger charge is -2.21. The summed E-state index contributed by atoms with van der Waals surface area (Å²) in [7, 11) is 0. The number of aromatic nitrogens is 1. The highest BCUT2D eigenvalue weighted by Gasteiger charge is 2.18. The van der Waals surface area contributed by atoms with Gasteiger partial charge in [-0.3, -0.25) is 9.69 Å². The molecule has 5 nitrogen and oxygen atoms in total. The molecule has 0 aliphatic rings. The molecule has 1 N–H and O–H groups in total. The van der Waals surface area contributed by atoms with Crippen LogP contribution in [0.15, 0.2) is 89.5 Å². The van der Waals surface area contributed by atoms with Crippen molar-refractivity contribution in [1.29, 1.82) is 0 Å². The maximum atomic E-state index is 13.4. The van der Waals surface area contributed by atoms with Crippen molar-refractivity contribution in [3.05, 3.63) is 125 Å². The highest BCUT2D eigenvalue weighted by atomic mass is 19.1. The zero-order valence-electron chi connectivity index (χ0n) is 20.9. The smallest absolute Gasteiger partial charge is 0.273 e. The van der Waals surface area contributed by atoms with Crippen LogP contribution in [0.2, 0.25) is 0 Å². The van der Waals surface area contributed by atoms with Crippen molar-refractivity contribution in [3.8, 4) is 0 Å². The molecule has 1 amide bonds. The van der Waals surface area contributed by atoms with E-state index in [2.05, 4.69) is 53.3 Å². The minimum Gasteiger partial charge on any atom is -0.447 e. The quantitative estimate of drug-likeness (QED) is 0.274. The number of nitrogens with one attached hydrogen (secondary N) is 1. The molecular formula is C30H32FN3O2. The third-order valence-corrected chi connectivity index (χ3v) is 6.16. The SMILES string of the molecule is CC(C)c1ccc(CN(Cc2ccc(F)cc2)Cc2nc(C(=O)N[C@H](C)c3ccccc3)co2)cc1. The summed E-state index contributed by atoms with van der Waals surface area (Å²) in [6.07, 6.45) is 1.40. The molecule has 3 aromatic carbocycles. The fourth-order valence-corrected chi connectivity index (χ4v) is 4.06. The number of rotatable bonds is 10. The molecule has 1 atom stereocenters. The number of carbonyl (C=O) groups excluding carboxylic acids is 1. The maximum absolute atomic E-state index is 13.4. The van der Waals surface area contributed by atoms with Gasteiger partial charge in [0.25, 0.3) is 5.91 Å². The van der Waals surface area contributed by atoms with Crippen molar-refractivity contribution < 1.29 is 13.6 Å². The van der Waals surface area contributed by atoms with Crippen LogP contribution in [0.3, 0.4) is 0 Å². The van der Waals surface area contributed by atoms with E-state index in [1.165, 1.54) is 24.0 Å². The van der Waals surface area contributed by atoms with Gasteiger partial charge in [0.15, 0.2) is 5.69 Å². The van der Waals surface area contributed by atoms with Crippen molar-refractivity contribution in [1.82, 2.24) is 15.2 Å². The van der Waals surface area contributed by atoms with Crippen molar-refractivity contribution in [2.45, 2.75) is 52.4 Å². The Kier molecular flexibility index (Phi) is 8.28. The van der Waals surface area contributed by atoms with Gasteiger partial charge in [0.05, 0.1) is 12.6 Å². The van der Waals surface area contributed by atoms with E-state index < -0.39 is 0 Å². The zero-order valence-corrected chi connectivity index (χ0v) is 20.9. The van der Waals surface area contributed by atoms with Crippen LogP contribution in [0.4, 0.5) is 4.39 Å². The van der Waals surface area contributed by atoms with Crippen molar-refractivity contribution in [2.24, 2.45) is 0 Å². The van der Waals surface area contributed by atoms with E-state index in [-0.39, 0.29) is 23.5 Å². The molecule has 186 valence electrons. The Morgan fingerprint density at radius 3 is 2.08 bits per heavy atom. The first-order chi connectivity index (χ1) is 17.4. The van der Waals surface area contributed by atoms with Crippen LogP contribution in [0.1, 0.15) is 71.4 Å². The molecule has 0 radical (unpaired) electrons. The van der Waals surface area contributed by atoms with Crippen LogP contribution in [0.25, 0.3) is 0 Å². The molecule has 0 saturated carbocycles. The van der Waals surface area contributed by atoms with E-state index in [0.29, 0.717) is 31.4 Å². The number of hydrogen-bond acceptors (Lipinski definition) is 4. The van der Waals surface area contributed by atoms with Crippen LogP contribution >= 0.6 is 0 Å². The predicted octanol–water partition coefficient (Wildman–Crippen LogP) is 6.63. The molecule has 1 aromatic heterocycles. The maximum Gasteiger partial charge on any atom is 0.273 e. The minimum absolute atomic E-state index is 0.150. The molecule has 0 bridgehead atoms. The summed E-state index contributed by atoms with van der Waals surface area (Å²) in [5.41, 5.74) is 4.69. The second-order valence-electron chi connectivity index (χ2n) is 9.40. The Labute approximate surface area is 212 Å². The molecule has 0 aliphatic carbocycles. The van der Waals surface area contributed by atoms with Gasteiger partial charge < -0.3 is 9.73 Å². The largest absolute Gasteiger partial charge is 0.447 e. The molecule has 6 heteroatoms. The molecule has 36 heavy (non-hydrogen) atoms. The van der Waals surface area contributed by atoms with Crippen LogP contribution in [0, 0.1) is 5.82 Å². The van der Waals surface area contributed by atoms with Gasteiger partial charge in [0.2, 0.25) is 5.89 Å². The fraction of sp³-hybridized carbons (Fsp3) is 0.267. The summed E-state index contributed by atoms with van der Waals surface area (Å²) in [5.74, 6) is 0.377. The minimum atomic E-state index is -0.282. The average molecular weight is 486 g/mol. The molecule has 4 rings (SSSR count). The van der Waals surface area contributed by atoms with E-state index >= 15 is 0 Å². The summed E-state index contributed by atoms with van der Waals surface area (Å²) < 4.78 is 19.1. The topological polar surface area (TPSA) is 58.4 Å². The molecule has 0 spiro atoms. The molecule has 1 heterocycles. The van der Waals surface area contributed by atoms with E-state index in [1.807, 2.05) is 37.3 Å². The zero-order chi connectivity index (χ0) is 25.5. The third-order valence-electron chi connectivity index (χ3n) is 6.16. The molecule has 0 saturated heterocycles. The molecular weight excluding hydrogens is 453 g/mol. The summed E-state index contributed by atoms with van der Waals surface area (Å²) in [6, 6.07) is 24.7. The highest BCUT2D eigenvalue weighted by Crippen LogP contribution is 2.19. The van der Waals surface area contributed by atoms with Gasteiger partial charge in [-0.2, -0.15) is 0 Å². The number of benzene rings is 3. The Morgan fingerprint density at radius 2 is 1.47 bits per heavy atom. The van der Waals surface area contributed by atoms with Gasteiger partial charge in [-0.25, -0.2) is 9.37 Å². The van der Waals surface area contributed by atoms with Crippen molar-refractivity contribution >= 4 is 5.91 Å². The number of hydrogen-bond donors (Lipinski definition) is 1. The van der Waals surface area contributed by atoms with Crippen molar-refractivity contribution in [2.75, 3.05) is 0 Å². The first-order valence-electron chi connectivity index (χ1n) is 12.2. The van der Waals surface area contributed by atoms with E-state index in [4.69, 9.17) is 4.42 Å². The Morgan fingerprint density at radius 1 is 0.861 bits per heavy atom. The van der Waals surface area contributed by atoms with Gasteiger partial charge in [0.1, 0.15) is 12.1 Å². The van der Waals surface area contributed by atoms with Crippen LogP contribution in [-0.2, 0) is 19.6 Å². The number of carbonyl (C=O) groups is 1. The molecule has 0 unspecified atom stereocenters. The average Bonchev–Trinajstić information content (AvgIpc) is 3.35. The van der Waals surface area contributed by atoms with Gasteiger partial charge in [-0.1, -0.05) is 80.6 Å². The molecule has 4 aromatic rings. The van der Waals surface area contributed by atoms with Crippen molar-refractivity contribution in [3.63, 3.8) is 0 Å². The summed E-state index contributed by atoms with van der Waals surface area (Å²) in [5, 5.41) is 2.97. The fourth-order valence-electron chi connectivity index (χ4n) is 4.06. The van der Waals surface area contributed by atoms with Crippen LogP contribution in [0.5, 0.6) is 0 Å². The van der Waals surface area contributed by atoms with Crippen LogP contribution in [-0.4, -0.2) is 15.8 Å². The number of nitrogens with zero attached hydrogens (tertiary/aromatic N) is 2. The van der Waals surface area contributed by atoms with Gasteiger partial charge in [-0.05, 0) is 47.2 Å². The Balaban J connectivity index is 1.46. The standard InChI is InChI=1S/C30H32FN3O2/c1-21(2)25-13-9-23(10-14-25)17-34(18-24-11-15-27(31)16-12-24)19-29-33-28(20-36-29)30(35)32-22(3)26-7-5-4-6-8-26/h4-16,20-22H,17-19H2,1-3H3,(H,32,35)/t22-/m1/s1. The summed E-state index contributed by atoms with van der Waals surface area (Å²) in [6.45, 7) is 7.93. The third kappa shape index (κ3) is 6.89. The number of oxazole rings is 1. The normalized spacial score (nSPS) is 12.2. The lowest BCUT2D eigenvalue weighted by atomic mass is 10.0. The van der Waals surface area contributed by atoms with E-state index in [9.17, 15) is 9.18 Å². The van der Waals surface area contributed by atoms with Gasteiger partial charge >= 0.3 is 0 Å². The second-order valence-corrected chi connectivity index (χ2v) is 9.40. The summed E-state index contributed by atoms with van der Waals surface area (Å²) in [4.78, 5) is 19.4. The van der Waals surface area contributed by atoms with Crippen LogP contribution < -0.4 is 5.32 Å². The number of amides is 1. The monoisotopic (exact) mass is 485 g/mol. The van der Waals surface area contributed by atoms with E-state index in [0.717, 1.165) is 16.7 Å². The van der Waals surface area contributed by atoms with E-state index in [1.54, 1.807) is 12.1 Å². The first-order valence-corrected chi connectivity index (χ1v) is 12.2. The Bertz CT molecular complexity index is 1250. The predicted molar refractivity (Wildman–Crippen MR) is 139 cm³/mol. The number of halogens is 1. The Hall–Kier alpha value is -3.77. The highest BCUT2D eigenvalue weighted by molar-refractivity contribution is 5.92. The lowest BCUT2D eigenvalue weighted by Crippen LogP contribution is -2.27. The molecule has 0 aliphatic heterocycles. The summed E-state index contributed by atoms with van der Waals surface area (Å²) >= 11 is 0. The second kappa shape index (κ2) is 11.8. The lowest BCUT2D eigenvalue weighted by molar-refractivity contribution is 0.0934.